The van der Waals surface area contributed by atoms with Gasteiger partial charge in [0.25, 0.3) is 0 Å². The lowest BCUT2D eigenvalue weighted by molar-refractivity contribution is -0.364. The number of hydrogen-bond acceptors (Lipinski definition) is 5. The maximum Gasteiger partial charge on any atom is 0.243 e. The molecule has 0 bridgehead atoms. The summed E-state index contributed by atoms with van der Waals surface area (Å²) in [4.78, 5) is 39.3. The lowest BCUT2D eigenvalue weighted by Crippen LogP contribution is -3.00. The molecule has 3 rings (SSSR count). The number of anilines is 1. The highest BCUT2D eigenvalue weighted by atomic mass is 35.5. The van der Waals surface area contributed by atoms with E-state index in [0.29, 0.717) is 13.1 Å². The molecule has 1 atom stereocenters. The van der Waals surface area contributed by atoms with Gasteiger partial charge in [0.1, 0.15) is 12.6 Å². The number of benzene rings is 2. The topological polar surface area (TPSA) is 140 Å². The smallest absolute Gasteiger partial charge is 0.243 e. The molecule has 178 valence electrons. The second kappa shape index (κ2) is 11.8. The minimum Gasteiger partial charge on any atom is -1.00 e. The summed E-state index contributed by atoms with van der Waals surface area (Å²) < 4.78 is 25.0. The van der Waals surface area contributed by atoms with Crippen LogP contribution >= 0.6 is 0 Å². The number of carbonyl (C=O) groups excluding carboxylic acids is 3. The number of fused-ring (bicyclic) bond motifs is 1. The number of amides is 3. The number of carbonyl (C=O) groups is 3. The molecule has 5 N–H and O–H groups in total. The lowest BCUT2D eigenvalue weighted by Gasteiger charge is -2.24. The maximum absolute atomic E-state index is 12.9. The third-order valence-corrected chi connectivity index (χ3v) is 6.85. The van der Waals surface area contributed by atoms with Crippen molar-refractivity contribution in [1.82, 2.24) is 10.6 Å². The molecule has 0 unspecified atom stereocenters. The molecule has 0 aromatic heterocycles. The van der Waals surface area contributed by atoms with Crippen LogP contribution in [0.15, 0.2) is 59.5 Å². The van der Waals surface area contributed by atoms with Gasteiger partial charge in [0.05, 0.1) is 29.4 Å². The monoisotopic (exact) mass is 494 g/mol. The molecule has 1 aliphatic rings. The first kappa shape index (κ1) is 26.3. The number of hydrogen-bond donors (Lipinski definition) is 3. The van der Waals surface area contributed by atoms with E-state index in [2.05, 4.69) is 16.4 Å². The van der Waals surface area contributed by atoms with Gasteiger partial charge in [0.15, 0.2) is 9.84 Å². The number of para-hydroxylation sites is 1. The van der Waals surface area contributed by atoms with Crippen molar-refractivity contribution < 1.29 is 40.9 Å². The van der Waals surface area contributed by atoms with Crippen LogP contribution < -0.4 is 33.7 Å². The van der Waals surface area contributed by atoms with Crippen molar-refractivity contribution in [1.29, 1.82) is 0 Å². The van der Waals surface area contributed by atoms with Crippen LogP contribution in [0.25, 0.3) is 0 Å². The fourth-order valence-electron chi connectivity index (χ4n) is 3.49. The third kappa shape index (κ3) is 6.77. The van der Waals surface area contributed by atoms with E-state index in [-0.39, 0.29) is 54.0 Å². The average molecular weight is 495 g/mol. The van der Waals surface area contributed by atoms with Crippen molar-refractivity contribution >= 4 is 33.2 Å². The standard InChI is InChI=1S/C22H26N4O5S.ClH/c23-11-12-24-22(29)17(14-16-6-2-1-3-7-16)25-20(27)15-26-18-8-4-5-9-19(18)32(30,31)13-10-21(26)28;/h1-9,17H,10-15,23H2,(H,24,29)(H,25,27);1H/t17-;/m1./s1. The van der Waals surface area contributed by atoms with E-state index in [1.807, 2.05) is 30.3 Å². The van der Waals surface area contributed by atoms with Gasteiger partial charge >= 0.3 is 0 Å². The van der Waals surface area contributed by atoms with E-state index >= 15 is 0 Å². The van der Waals surface area contributed by atoms with Crippen LogP contribution in [-0.4, -0.2) is 57.6 Å². The van der Waals surface area contributed by atoms with Gasteiger partial charge in [0, 0.05) is 12.8 Å². The molecule has 0 radical (unpaired) electrons. The zero-order chi connectivity index (χ0) is 23.1. The first-order valence-corrected chi connectivity index (χ1v) is 12.0. The van der Waals surface area contributed by atoms with Gasteiger partial charge in [0.2, 0.25) is 17.7 Å². The van der Waals surface area contributed by atoms with E-state index in [4.69, 9.17) is 0 Å². The SMILES string of the molecule is [Cl-].[NH3+]CCNC(=O)[C@@H](Cc1ccccc1)NC(=O)CN1C(=O)CCS(=O)(=O)c2ccccc21. The van der Waals surface area contributed by atoms with Gasteiger partial charge in [-0.2, -0.15) is 0 Å². The molecular weight excluding hydrogens is 468 g/mol. The number of quaternary nitrogens is 1. The van der Waals surface area contributed by atoms with E-state index in [1.54, 1.807) is 12.1 Å². The number of halogens is 1. The Balaban J connectivity index is 0.00000385. The molecule has 1 aliphatic heterocycles. The zero-order valence-corrected chi connectivity index (χ0v) is 19.6. The fraction of sp³-hybridized carbons (Fsp3) is 0.318. The average Bonchev–Trinajstić information content (AvgIpc) is 2.88. The van der Waals surface area contributed by atoms with Crippen molar-refractivity contribution in [3.63, 3.8) is 0 Å². The van der Waals surface area contributed by atoms with Crippen molar-refractivity contribution in [2.24, 2.45) is 0 Å². The number of nitrogens with zero attached hydrogens (tertiary/aromatic N) is 1. The van der Waals surface area contributed by atoms with Crippen LogP contribution in [0.1, 0.15) is 12.0 Å². The molecule has 3 amide bonds. The van der Waals surface area contributed by atoms with E-state index in [0.717, 1.165) is 5.56 Å². The zero-order valence-electron chi connectivity index (χ0n) is 18.0. The molecular formula is C22H27ClN4O5S. The summed E-state index contributed by atoms with van der Waals surface area (Å²) in [5, 5.41) is 5.43. The molecule has 0 saturated carbocycles. The molecule has 11 heteroatoms. The molecule has 2 aromatic carbocycles. The van der Waals surface area contributed by atoms with Gasteiger partial charge in [-0.25, -0.2) is 8.42 Å². The van der Waals surface area contributed by atoms with Crippen molar-refractivity contribution in [2.75, 3.05) is 30.3 Å². The molecule has 33 heavy (non-hydrogen) atoms. The third-order valence-electron chi connectivity index (χ3n) is 5.09. The second-order valence-electron chi connectivity index (χ2n) is 7.47. The Hall–Kier alpha value is -2.95. The normalized spacial score (nSPS) is 15.4. The summed E-state index contributed by atoms with van der Waals surface area (Å²) in [6, 6.07) is 14.5. The number of nitrogens with one attached hydrogen (secondary N) is 2. The van der Waals surface area contributed by atoms with Gasteiger partial charge in [-0.05, 0) is 17.7 Å². The molecule has 2 aromatic rings. The molecule has 9 nitrogen and oxygen atoms in total. The van der Waals surface area contributed by atoms with Gasteiger partial charge in [-0.3, -0.25) is 14.4 Å². The molecule has 0 fully saturated rings. The van der Waals surface area contributed by atoms with Gasteiger partial charge < -0.3 is 33.7 Å². The van der Waals surface area contributed by atoms with Gasteiger partial charge in [-0.15, -0.1) is 0 Å². The van der Waals surface area contributed by atoms with Crippen molar-refractivity contribution in [3.8, 4) is 0 Å². The highest BCUT2D eigenvalue weighted by Crippen LogP contribution is 2.29. The fourth-order valence-corrected chi connectivity index (χ4v) is 4.94. The Labute approximate surface area is 199 Å². The summed E-state index contributed by atoms with van der Waals surface area (Å²) in [5.74, 6) is -1.69. The second-order valence-corrected chi connectivity index (χ2v) is 9.55. The molecule has 0 spiro atoms. The van der Waals surface area contributed by atoms with Crippen molar-refractivity contribution in [3.05, 3.63) is 60.2 Å². The highest BCUT2D eigenvalue weighted by molar-refractivity contribution is 7.91. The first-order valence-electron chi connectivity index (χ1n) is 10.3. The van der Waals surface area contributed by atoms with Crippen LogP contribution in [0.2, 0.25) is 0 Å². The first-order chi connectivity index (χ1) is 15.3. The summed E-state index contributed by atoms with van der Waals surface area (Å²) in [6.45, 7) is 0.486. The predicted octanol–water partition coefficient (Wildman–Crippen LogP) is -3.71. The Morgan fingerprint density at radius 1 is 1.06 bits per heavy atom. The maximum atomic E-state index is 12.9. The van der Waals surface area contributed by atoms with E-state index < -0.39 is 27.7 Å². The largest absolute Gasteiger partial charge is 1.00 e. The summed E-state index contributed by atoms with van der Waals surface area (Å²) in [7, 11) is -3.63. The number of sulfone groups is 1. The van der Waals surface area contributed by atoms with Crippen LogP contribution in [0.3, 0.4) is 0 Å². The van der Waals surface area contributed by atoms with Crippen LogP contribution in [0.4, 0.5) is 5.69 Å². The van der Waals surface area contributed by atoms with Crippen molar-refractivity contribution in [2.45, 2.75) is 23.8 Å². The predicted molar refractivity (Wildman–Crippen MR) is 118 cm³/mol. The van der Waals surface area contributed by atoms with E-state index in [9.17, 15) is 22.8 Å². The highest BCUT2D eigenvalue weighted by Gasteiger charge is 2.32. The van der Waals surface area contributed by atoms with Crippen LogP contribution in [-0.2, 0) is 30.6 Å². The summed E-state index contributed by atoms with van der Waals surface area (Å²) >= 11 is 0. The van der Waals surface area contributed by atoms with E-state index in [1.165, 1.54) is 17.0 Å². The van der Waals surface area contributed by atoms with Gasteiger partial charge in [-0.1, -0.05) is 42.5 Å². The summed E-state index contributed by atoms with van der Waals surface area (Å²) in [6.07, 6.45) is 0.0518. The lowest BCUT2D eigenvalue weighted by atomic mass is 10.1. The number of rotatable bonds is 8. The quantitative estimate of drug-likeness (QED) is 0.346. The van der Waals surface area contributed by atoms with Crippen LogP contribution in [0, 0.1) is 0 Å². The Bertz CT molecular complexity index is 1090. The minimum absolute atomic E-state index is 0. The Kier molecular flexibility index (Phi) is 9.39. The minimum atomic E-state index is -3.63. The molecule has 0 saturated heterocycles. The molecule has 1 heterocycles. The molecule has 0 aliphatic carbocycles. The summed E-state index contributed by atoms with van der Waals surface area (Å²) in [5.41, 5.74) is 4.73. The Morgan fingerprint density at radius 3 is 2.42 bits per heavy atom. The Morgan fingerprint density at radius 2 is 1.73 bits per heavy atom. The van der Waals surface area contributed by atoms with Crippen LogP contribution in [0.5, 0.6) is 0 Å².